The first-order valence-corrected chi connectivity index (χ1v) is 9.59. The highest BCUT2D eigenvalue weighted by Crippen LogP contribution is 2.16. The summed E-state index contributed by atoms with van der Waals surface area (Å²) in [5.74, 6) is 0.564. The van der Waals surface area contributed by atoms with Crippen LogP contribution in [-0.4, -0.2) is 24.0 Å². The second-order valence-corrected chi connectivity index (χ2v) is 7.37. The Labute approximate surface area is 166 Å². The number of nitrogens with zero attached hydrogens (tertiary/aromatic N) is 1. The quantitative estimate of drug-likeness (QED) is 0.319. The van der Waals surface area contributed by atoms with Gasteiger partial charge in [0.15, 0.2) is 0 Å². The van der Waals surface area contributed by atoms with Gasteiger partial charge in [-0.05, 0) is 80.7 Å². The van der Waals surface area contributed by atoms with Crippen LogP contribution in [0.15, 0.2) is 62.9 Å². The molecule has 9 heteroatoms. The summed E-state index contributed by atoms with van der Waals surface area (Å²) in [5, 5.41) is 5.62. The Morgan fingerprint density at radius 2 is 1.92 bits per heavy atom. The zero-order valence-electron chi connectivity index (χ0n) is 13.7. The van der Waals surface area contributed by atoms with E-state index in [-0.39, 0.29) is 16.7 Å². The molecule has 0 atom stereocenters. The molecule has 0 unspecified atom stereocenters. The number of aromatic amines is 1. The van der Waals surface area contributed by atoms with Crippen LogP contribution in [0.5, 0.6) is 5.75 Å². The van der Waals surface area contributed by atoms with E-state index in [1.165, 1.54) is 4.68 Å². The number of benzene rings is 2. The second kappa shape index (κ2) is 8.41. The Kier molecular flexibility index (Phi) is 5.99. The van der Waals surface area contributed by atoms with Crippen LogP contribution in [0.3, 0.4) is 0 Å². The van der Waals surface area contributed by atoms with Gasteiger partial charge in [0.25, 0.3) is 0 Å². The SMILES string of the molecule is COc1ccc(-[n+]2[nH]oc(=O)c2SCC(=O)Nc2ccc(I)cc2)cc1. The van der Waals surface area contributed by atoms with Crippen LogP contribution in [0.4, 0.5) is 5.69 Å². The zero-order chi connectivity index (χ0) is 18.5. The molecular formula is C17H15IN3O4S+. The van der Waals surface area contributed by atoms with E-state index in [9.17, 15) is 9.59 Å². The van der Waals surface area contributed by atoms with E-state index in [2.05, 4.69) is 33.2 Å². The summed E-state index contributed by atoms with van der Waals surface area (Å²) in [4.78, 5) is 24.1. The molecule has 7 nitrogen and oxygen atoms in total. The van der Waals surface area contributed by atoms with Gasteiger partial charge in [0.1, 0.15) is 5.75 Å². The normalized spacial score (nSPS) is 10.5. The maximum absolute atomic E-state index is 12.1. The number of aromatic nitrogens is 2. The van der Waals surface area contributed by atoms with E-state index < -0.39 is 5.63 Å². The smallest absolute Gasteiger partial charge is 0.442 e. The fourth-order valence-electron chi connectivity index (χ4n) is 2.15. The van der Waals surface area contributed by atoms with Crippen molar-refractivity contribution in [1.29, 1.82) is 0 Å². The number of carbonyl (C=O) groups excluding carboxylic acids is 1. The van der Waals surface area contributed by atoms with Gasteiger partial charge in [-0.25, -0.2) is 4.79 Å². The molecular weight excluding hydrogens is 469 g/mol. The van der Waals surface area contributed by atoms with Crippen LogP contribution in [-0.2, 0) is 4.79 Å². The predicted octanol–water partition coefficient (Wildman–Crippen LogP) is 2.59. The molecule has 1 amide bonds. The topological polar surface area (TPSA) is 88.2 Å². The Bertz CT molecular complexity index is 951. The first-order valence-electron chi connectivity index (χ1n) is 7.53. The molecule has 3 aromatic rings. The van der Waals surface area contributed by atoms with Crippen molar-refractivity contribution in [1.82, 2.24) is 5.27 Å². The number of nitrogens with one attached hydrogen (secondary N) is 2. The van der Waals surface area contributed by atoms with E-state index >= 15 is 0 Å². The molecule has 2 aromatic carbocycles. The molecule has 0 bridgehead atoms. The highest BCUT2D eigenvalue weighted by Gasteiger charge is 2.25. The van der Waals surface area contributed by atoms with E-state index in [0.29, 0.717) is 17.1 Å². The van der Waals surface area contributed by atoms with Crippen molar-refractivity contribution in [3.05, 3.63) is 62.5 Å². The molecule has 0 aliphatic carbocycles. The lowest BCUT2D eigenvalue weighted by molar-refractivity contribution is -0.704. The Morgan fingerprint density at radius 3 is 2.58 bits per heavy atom. The number of anilines is 1. The van der Waals surface area contributed by atoms with Crippen LogP contribution in [0.1, 0.15) is 0 Å². The van der Waals surface area contributed by atoms with Gasteiger partial charge in [-0.15, -0.1) is 0 Å². The molecule has 0 aliphatic rings. The minimum atomic E-state index is -0.534. The maximum Gasteiger partial charge on any atom is 0.442 e. The number of halogens is 1. The van der Waals surface area contributed by atoms with Crippen molar-refractivity contribution in [2.75, 3.05) is 18.2 Å². The van der Waals surface area contributed by atoms with E-state index in [1.807, 2.05) is 24.3 Å². The number of hydrogen-bond donors (Lipinski definition) is 2. The number of amides is 1. The number of thioether (sulfide) groups is 1. The molecule has 134 valence electrons. The number of rotatable bonds is 6. The summed E-state index contributed by atoms with van der Waals surface area (Å²) in [6.45, 7) is 0. The Hall–Kier alpha value is -2.27. The lowest BCUT2D eigenvalue weighted by atomic mass is 10.3. The van der Waals surface area contributed by atoms with Gasteiger partial charge < -0.3 is 10.1 Å². The zero-order valence-corrected chi connectivity index (χ0v) is 16.7. The van der Waals surface area contributed by atoms with Crippen LogP contribution in [0.25, 0.3) is 5.69 Å². The molecule has 0 spiro atoms. The predicted molar refractivity (Wildman–Crippen MR) is 106 cm³/mol. The van der Waals surface area contributed by atoms with Crippen molar-refractivity contribution in [2.45, 2.75) is 5.03 Å². The molecule has 0 radical (unpaired) electrons. The van der Waals surface area contributed by atoms with Crippen LogP contribution < -0.4 is 20.4 Å². The van der Waals surface area contributed by atoms with Crippen LogP contribution in [0, 0.1) is 3.57 Å². The number of hydrogen-bond acceptors (Lipinski definition) is 5. The fraction of sp³-hybridized carbons (Fsp3) is 0.118. The third-order valence-corrected chi connectivity index (χ3v) is 5.15. The summed E-state index contributed by atoms with van der Waals surface area (Å²) in [5.41, 5.74) is 0.866. The molecule has 2 N–H and O–H groups in total. The first-order chi connectivity index (χ1) is 12.6. The lowest BCUT2D eigenvalue weighted by Crippen LogP contribution is -2.36. The highest BCUT2D eigenvalue weighted by molar-refractivity contribution is 14.1. The van der Waals surface area contributed by atoms with Crippen molar-refractivity contribution >= 4 is 45.9 Å². The van der Waals surface area contributed by atoms with Gasteiger partial charge in [0.2, 0.25) is 11.6 Å². The third-order valence-electron chi connectivity index (χ3n) is 3.41. The first kappa shape index (κ1) is 18.5. The van der Waals surface area contributed by atoms with E-state index in [4.69, 9.17) is 9.26 Å². The molecule has 0 fully saturated rings. The second-order valence-electron chi connectivity index (χ2n) is 5.16. The molecule has 26 heavy (non-hydrogen) atoms. The molecule has 1 heterocycles. The van der Waals surface area contributed by atoms with Crippen molar-refractivity contribution in [2.24, 2.45) is 0 Å². The van der Waals surface area contributed by atoms with E-state index in [0.717, 1.165) is 15.3 Å². The number of H-pyrrole nitrogens is 1. The molecule has 0 saturated carbocycles. The number of ether oxygens (including phenoxy) is 1. The molecule has 0 saturated heterocycles. The van der Waals surface area contributed by atoms with Gasteiger partial charge in [0.05, 0.1) is 12.9 Å². The summed E-state index contributed by atoms with van der Waals surface area (Å²) in [7, 11) is 1.58. The summed E-state index contributed by atoms with van der Waals surface area (Å²) in [6, 6.07) is 14.6. The van der Waals surface area contributed by atoms with Crippen LogP contribution >= 0.6 is 34.4 Å². The van der Waals surface area contributed by atoms with Crippen molar-refractivity contribution in [3.63, 3.8) is 0 Å². The van der Waals surface area contributed by atoms with Crippen molar-refractivity contribution < 1.29 is 18.7 Å². The standard InChI is InChI=1S/C17H14IN3O4S/c1-24-14-8-6-13(7-9-14)21-16(17(23)25-20-21)26-10-15(22)19-12-4-2-11(18)3-5-12/h2-9H,10H2,1H3,(H-,19,20,22,23)/p+1. The third kappa shape index (κ3) is 4.47. The van der Waals surface area contributed by atoms with Gasteiger partial charge in [-0.2, -0.15) is 0 Å². The van der Waals surface area contributed by atoms with Gasteiger partial charge >= 0.3 is 10.7 Å². The monoisotopic (exact) mass is 484 g/mol. The van der Waals surface area contributed by atoms with Crippen molar-refractivity contribution in [3.8, 4) is 11.4 Å². The van der Waals surface area contributed by atoms with Gasteiger partial charge in [0, 0.05) is 21.4 Å². The average molecular weight is 484 g/mol. The minimum absolute atomic E-state index is 0.0742. The van der Waals surface area contributed by atoms with Crippen LogP contribution in [0.2, 0.25) is 0 Å². The summed E-state index contributed by atoms with van der Waals surface area (Å²) >= 11 is 3.29. The molecule has 1 aromatic heterocycles. The van der Waals surface area contributed by atoms with Gasteiger partial charge in [-0.1, -0.05) is 0 Å². The lowest BCUT2D eigenvalue weighted by Gasteiger charge is -2.03. The summed E-state index contributed by atoms with van der Waals surface area (Å²) < 4.78 is 12.6. The maximum atomic E-state index is 12.1. The van der Waals surface area contributed by atoms with E-state index in [1.54, 1.807) is 31.4 Å². The largest absolute Gasteiger partial charge is 0.497 e. The summed E-state index contributed by atoms with van der Waals surface area (Å²) in [6.07, 6.45) is 0. The molecule has 0 aliphatic heterocycles. The average Bonchev–Trinajstić information content (AvgIpc) is 3.02. The molecule has 3 rings (SSSR count). The highest BCUT2D eigenvalue weighted by atomic mass is 127. The Morgan fingerprint density at radius 1 is 1.23 bits per heavy atom. The fourth-order valence-corrected chi connectivity index (χ4v) is 3.28. The Balaban J connectivity index is 1.69. The van der Waals surface area contributed by atoms with Gasteiger partial charge in [-0.3, -0.25) is 9.32 Å². The number of carbonyl (C=O) groups is 1. The number of methoxy groups -OCH3 is 1. The minimum Gasteiger partial charge on any atom is -0.497 e.